The van der Waals surface area contributed by atoms with Crippen LogP contribution in [0.4, 0.5) is 22.0 Å². The molecule has 2 aromatic rings. The van der Waals surface area contributed by atoms with E-state index in [0.29, 0.717) is 30.7 Å². The van der Waals surface area contributed by atoms with E-state index in [2.05, 4.69) is 0 Å². The summed E-state index contributed by atoms with van der Waals surface area (Å²) in [6, 6.07) is 13.2. The third kappa shape index (κ3) is 5.91. The molecule has 1 aliphatic rings. The van der Waals surface area contributed by atoms with Gasteiger partial charge in [-0.25, -0.2) is 8.78 Å². The molecule has 0 heterocycles. The van der Waals surface area contributed by atoms with Crippen LogP contribution in [0, 0.1) is 24.6 Å². The fourth-order valence-corrected chi connectivity index (χ4v) is 3.98. The molecule has 3 rings (SSSR count). The average molecular weight is 408 g/mol. The van der Waals surface area contributed by atoms with Gasteiger partial charge in [0.05, 0.1) is 0 Å². The molecule has 5 heteroatoms. The van der Waals surface area contributed by atoms with Crippen molar-refractivity contribution >= 4 is 0 Å². The number of hydrogen-bond donors (Lipinski definition) is 0. The Hall–Kier alpha value is -2.17. The summed E-state index contributed by atoms with van der Waals surface area (Å²) in [5.74, 6) is -2.24. The van der Waals surface area contributed by atoms with Gasteiger partial charge in [0.25, 0.3) is 0 Å². The highest BCUT2D eigenvalue weighted by Crippen LogP contribution is 2.36. The van der Waals surface area contributed by atoms with Gasteiger partial charge in [0.15, 0.2) is 5.83 Å². The zero-order chi connectivity index (χ0) is 21.0. The molecule has 2 aromatic carbocycles. The summed E-state index contributed by atoms with van der Waals surface area (Å²) in [7, 11) is 0. The van der Waals surface area contributed by atoms with Crippen molar-refractivity contribution in [2.45, 2.75) is 51.6 Å². The summed E-state index contributed by atoms with van der Waals surface area (Å²) in [6.07, 6.45) is -0.198. The van der Waals surface area contributed by atoms with Crippen molar-refractivity contribution in [3.8, 4) is 11.1 Å². The Morgan fingerprint density at radius 3 is 2.17 bits per heavy atom. The molecular weight excluding hydrogens is 383 g/mol. The Kier molecular flexibility index (Phi) is 6.76. The monoisotopic (exact) mass is 408 g/mol. The zero-order valence-electron chi connectivity index (χ0n) is 16.4. The smallest absolute Gasteiger partial charge is 0.207 e. The second-order valence-corrected chi connectivity index (χ2v) is 8.00. The molecule has 1 fully saturated rings. The van der Waals surface area contributed by atoms with E-state index in [1.165, 1.54) is 0 Å². The minimum absolute atomic E-state index is 0.230. The van der Waals surface area contributed by atoms with Crippen molar-refractivity contribution in [2.75, 3.05) is 0 Å². The van der Waals surface area contributed by atoms with E-state index in [0.717, 1.165) is 42.0 Å². The lowest BCUT2D eigenvalue weighted by molar-refractivity contribution is -0.109. The van der Waals surface area contributed by atoms with E-state index >= 15 is 0 Å². The summed E-state index contributed by atoms with van der Waals surface area (Å²) in [5.41, 5.74) is 3.62. The lowest BCUT2D eigenvalue weighted by Crippen LogP contribution is -2.16. The maximum atomic E-state index is 14.5. The van der Waals surface area contributed by atoms with E-state index in [4.69, 9.17) is 0 Å². The van der Waals surface area contributed by atoms with Crippen molar-refractivity contribution in [1.29, 1.82) is 0 Å². The van der Waals surface area contributed by atoms with E-state index in [1.807, 2.05) is 43.3 Å². The molecule has 0 aromatic heterocycles. The minimum atomic E-state index is -4.89. The van der Waals surface area contributed by atoms with E-state index in [-0.39, 0.29) is 11.7 Å². The van der Waals surface area contributed by atoms with Gasteiger partial charge in [0.1, 0.15) is 5.82 Å². The van der Waals surface area contributed by atoms with Gasteiger partial charge in [-0.3, -0.25) is 0 Å². The van der Waals surface area contributed by atoms with Crippen LogP contribution in [-0.2, 0) is 6.42 Å². The minimum Gasteiger partial charge on any atom is -0.207 e. The molecule has 156 valence electrons. The lowest BCUT2D eigenvalue weighted by Gasteiger charge is -2.27. The summed E-state index contributed by atoms with van der Waals surface area (Å²) in [4.78, 5) is 0. The predicted molar refractivity (Wildman–Crippen MR) is 106 cm³/mol. The molecule has 0 bridgehead atoms. The van der Waals surface area contributed by atoms with Crippen molar-refractivity contribution in [3.63, 3.8) is 0 Å². The van der Waals surface area contributed by atoms with Gasteiger partial charge in [0, 0.05) is 0 Å². The Balaban J connectivity index is 1.53. The normalized spacial score (nSPS) is 20.7. The van der Waals surface area contributed by atoms with E-state index in [9.17, 15) is 22.0 Å². The Morgan fingerprint density at radius 2 is 1.59 bits per heavy atom. The second kappa shape index (κ2) is 9.10. The number of alkyl halides is 3. The van der Waals surface area contributed by atoms with Crippen LogP contribution in [0.2, 0.25) is 0 Å². The van der Waals surface area contributed by atoms with E-state index < -0.39 is 12.0 Å². The highest BCUT2D eigenvalue weighted by atomic mass is 19.4. The van der Waals surface area contributed by atoms with Crippen LogP contribution in [0.25, 0.3) is 11.1 Å². The van der Waals surface area contributed by atoms with Gasteiger partial charge in [0.2, 0.25) is 0 Å². The van der Waals surface area contributed by atoms with Crippen LogP contribution in [0.15, 0.2) is 54.4 Å². The lowest BCUT2D eigenvalue weighted by atomic mass is 9.79. The van der Waals surface area contributed by atoms with Gasteiger partial charge >= 0.3 is 6.18 Å². The molecule has 0 N–H and O–H groups in total. The molecule has 0 atom stereocenters. The molecule has 1 saturated carbocycles. The highest BCUT2D eigenvalue weighted by Gasteiger charge is 2.35. The largest absolute Gasteiger partial charge is 0.442 e. The number of aryl methyl sites for hydroxylation is 2. The van der Waals surface area contributed by atoms with E-state index in [1.54, 1.807) is 6.07 Å². The van der Waals surface area contributed by atoms with Gasteiger partial charge in [-0.05, 0) is 86.1 Å². The molecule has 0 aliphatic heterocycles. The first-order valence-corrected chi connectivity index (χ1v) is 10.0. The molecular formula is C24H25F5. The van der Waals surface area contributed by atoms with Crippen molar-refractivity contribution in [1.82, 2.24) is 0 Å². The van der Waals surface area contributed by atoms with Crippen LogP contribution in [0.3, 0.4) is 0 Å². The molecule has 0 nitrogen and oxygen atoms in total. The fourth-order valence-electron chi connectivity index (χ4n) is 3.98. The zero-order valence-corrected chi connectivity index (χ0v) is 16.4. The third-order valence-corrected chi connectivity index (χ3v) is 5.80. The molecule has 0 unspecified atom stereocenters. The number of allylic oxidation sites excluding steroid dienone is 2. The van der Waals surface area contributed by atoms with Crippen LogP contribution < -0.4 is 0 Å². The molecule has 0 spiro atoms. The maximum absolute atomic E-state index is 14.5. The quantitative estimate of drug-likeness (QED) is 0.440. The Bertz CT molecular complexity index is 841. The van der Waals surface area contributed by atoms with Crippen molar-refractivity contribution in [3.05, 3.63) is 71.3 Å². The number of benzene rings is 2. The van der Waals surface area contributed by atoms with Crippen LogP contribution in [0.1, 0.15) is 43.2 Å². The number of hydrogen-bond acceptors (Lipinski definition) is 0. The van der Waals surface area contributed by atoms with Gasteiger partial charge in [-0.15, -0.1) is 0 Å². The van der Waals surface area contributed by atoms with Crippen LogP contribution in [0.5, 0.6) is 0 Å². The van der Waals surface area contributed by atoms with Gasteiger partial charge < -0.3 is 0 Å². The van der Waals surface area contributed by atoms with Gasteiger partial charge in [-0.2, -0.15) is 13.2 Å². The topological polar surface area (TPSA) is 0 Å². The summed E-state index contributed by atoms with van der Waals surface area (Å²) < 4.78 is 64.5. The first-order chi connectivity index (χ1) is 13.7. The molecule has 0 amide bonds. The summed E-state index contributed by atoms with van der Waals surface area (Å²) in [5, 5.41) is 0. The predicted octanol–water partition coefficient (Wildman–Crippen LogP) is 7.96. The van der Waals surface area contributed by atoms with Crippen LogP contribution in [-0.4, -0.2) is 6.18 Å². The molecule has 0 saturated heterocycles. The fraction of sp³-hybridized carbons (Fsp3) is 0.417. The third-order valence-electron chi connectivity index (χ3n) is 5.80. The SMILES string of the molecule is Cc1ccc(-c2ccc(CCC3CCC(C=C(F)C(F)(F)F)CC3)c(F)c2)cc1. The molecule has 1 aliphatic carbocycles. The summed E-state index contributed by atoms with van der Waals surface area (Å²) in [6.45, 7) is 2.00. The number of rotatable bonds is 5. The van der Waals surface area contributed by atoms with Crippen LogP contribution >= 0.6 is 0 Å². The molecule has 29 heavy (non-hydrogen) atoms. The highest BCUT2D eigenvalue weighted by molar-refractivity contribution is 5.64. The number of halogens is 5. The van der Waals surface area contributed by atoms with Crippen molar-refractivity contribution in [2.24, 2.45) is 11.8 Å². The molecule has 0 radical (unpaired) electrons. The van der Waals surface area contributed by atoms with Gasteiger partial charge in [-0.1, -0.05) is 42.0 Å². The first-order valence-electron chi connectivity index (χ1n) is 10.0. The Labute approximate surface area is 168 Å². The maximum Gasteiger partial charge on any atom is 0.442 e. The standard InChI is InChI=1S/C24H25F5/c1-16-2-9-19(10-3-16)21-13-12-20(22(25)15-21)11-8-17-4-6-18(7-5-17)14-23(26)24(27,28)29/h2-3,9-10,12-15,17-18H,4-8,11H2,1H3. The van der Waals surface area contributed by atoms with Crippen molar-refractivity contribution < 1.29 is 22.0 Å². The first kappa shape index (κ1) is 21.5. The summed E-state index contributed by atoms with van der Waals surface area (Å²) >= 11 is 0. The second-order valence-electron chi connectivity index (χ2n) is 8.00. The average Bonchev–Trinajstić information content (AvgIpc) is 2.68. The Morgan fingerprint density at radius 1 is 0.966 bits per heavy atom.